The van der Waals surface area contributed by atoms with E-state index < -0.39 is 26.8 Å². The lowest BCUT2D eigenvalue weighted by Gasteiger charge is -2.06. The smallest absolute Gasteiger partial charge is 0.390 e. The highest BCUT2D eigenvalue weighted by molar-refractivity contribution is 7.89. The molecule has 0 unspecified atom stereocenters. The van der Waals surface area contributed by atoms with Crippen LogP contribution in [-0.4, -0.2) is 28.8 Å². The van der Waals surface area contributed by atoms with E-state index in [1.807, 2.05) is 0 Å². The Morgan fingerprint density at radius 3 is 2.55 bits per heavy atom. The van der Waals surface area contributed by atoms with Crippen molar-refractivity contribution in [3.8, 4) is 0 Å². The normalized spacial score (nSPS) is 11.1. The van der Waals surface area contributed by atoms with Gasteiger partial charge in [-0.05, 0) is 29.2 Å². The number of nitrogens with one attached hydrogen (secondary N) is 1. The number of carbonyl (C=O) groups is 1. The summed E-state index contributed by atoms with van der Waals surface area (Å²) in [7, 11) is -3.80. The maximum Gasteiger partial charge on any atom is 0.435 e. The molecule has 0 fully saturated rings. The molecule has 0 spiro atoms. The van der Waals surface area contributed by atoms with Gasteiger partial charge in [0.2, 0.25) is 10.0 Å². The van der Waals surface area contributed by atoms with Crippen LogP contribution in [0, 0.1) is 10.1 Å². The van der Waals surface area contributed by atoms with Gasteiger partial charge >= 0.3 is 5.95 Å². The van der Waals surface area contributed by atoms with Crippen molar-refractivity contribution in [2.24, 2.45) is 5.14 Å². The van der Waals surface area contributed by atoms with Gasteiger partial charge in [-0.15, -0.1) is 0 Å². The van der Waals surface area contributed by atoms with E-state index in [0.29, 0.717) is 5.69 Å². The molecule has 1 amide bonds. The van der Waals surface area contributed by atoms with Gasteiger partial charge in [0, 0.05) is 5.69 Å². The van der Waals surface area contributed by atoms with Gasteiger partial charge in [-0.25, -0.2) is 18.1 Å². The number of aromatic nitrogens is 2. The fourth-order valence-corrected chi connectivity index (χ4v) is 2.20. The van der Waals surface area contributed by atoms with E-state index in [2.05, 4.69) is 10.3 Å². The van der Waals surface area contributed by atoms with Crippen LogP contribution in [0.1, 0.15) is 0 Å². The number of primary sulfonamides is 1. The number of nitro groups is 1. The van der Waals surface area contributed by atoms with E-state index in [-0.39, 0.29) is 11.4 Å². The Kier molecular flexibility index (Phi) is 4.19. The number of benzene rings is 1. The third-order valence-electron chi connectivity index (χ3n) is 2.64. The SMILES string of the molecule is NS(=O)(=O)c1ccc(NC(=O)Cn2ccnc2[N+](=O)[O-])cc1. The second-order valence-electron chi connectivity index (χ2n) is 4.23. The van der Waals surface area contributed by atoms with Crippen molar-refractivity contribution < 1.29 is 18.1 Å². The Morgan fingerprint density at radius 1 is 1.36 bits per heavy atom. The number of hydrogen-bond donors (Lipinski definition) is 2. The quantitative estimate of drug-likeness (QED) is 0.587. The van der Waals surface area contributed by atoms with Crippen molar-refractivity contribution in [1.82, 2.24) is 9.55 Å². The van der Waals surface area contributed by atoms with Crippen LogP contribution in [0.15, 0.2) is 41.6 Å². The Morgan fingerprint density at radius 2 is 2.00 bits per heavy atom. The van der Waals surface area contributed by atoms with E-state index >= 15 is 0 Å². The molecule has 1 aromatic heterocycles. The summed E-state index contributed by atoms with van der Waals surface area (Å²) in [6.07, 6.45) is 2.52. The molecule has 11 heteroatoms. The Balaban J connectivity index is 2.06. The minimum Gasteiger partial charge on any atom is -0.390 e. The van der Waals surface area contributed by atoms with Crippen molar-refractivity contribution in [1.29, 1.82) is 0 Å². The summed E-state index contributed by atoms with van der Waals surface area (Å²) in [5, 5.41) is 18.1. The number of nitrogens with two attached hydrogens (primary N) is 1. The van der Waals surface area contributed by atoms with Gasteiger partial charge in [0.25, 0.3) is 5.91 Å². The molecule has 0 aliphatic carbocycles. The summed E-state index contributed by atoms with van der Waals surface area (Å²) in [5.74, 6) is -0.968. The van der Waals surface area contributed by atoms with Crippen LogP contribution >= 0.6 is 0 Å². The molecule has 0 saturated carbocycles. The average molecular weight is 325 g/mol. The highest BCUT2D eigenvalue weighted by Gasteiger charge is 2.17. The second kappa shape index (κ2) is 5.91. The van der Waals surface area contributed by atoms with Gasteiger partial charge in [-0.2, -0.15) is 0 Å². The Hall–Kier alpha value is -2.79. The van der Waals surface area contributed by atoms with E-state index in [4.69, 9.17) is 5.14 Å². The summed E-state index contributed by atoms with van der Waals surface area (Å²) in [6, 6.07) is 5.20. The summed E-state index contributed by atoms with van der Waals surface area (Å²) in [6.45, 7) is -0.298. The predicted octanol–water partition coefficient (Wildman–Crippen LogP) is 0.0774. The largest absolute Gasteiger partial charge is 0.435 e. The van der Waals surface area contributed by atoms with E-state index in [0.717, 1.165) is 4.57 Å². The van der Waals surface area contributed by atoms with Crippen molar-refractivity contribution in [3.05, 3.63) is 46.8 Å². The number of hydrogen-bond acceptors (Lipinski definition) is 6. The number of imidazole rings is 1. The molecule has 2 aromatic rings. The van der Waals surface area contributed by atoms with Gasteiger partial charge < -0.3 is 15.4 Å². The molecule has 3 N–H and O–H groups in total. The fraction of sp³-hybridized carbons (Fsp3) is 0.0909. The molecule has 1 heterocycles. The number of anilines is 1. The first-order valence-corrected chi connectivity index (χ1v) is 7.40. The lowest BCUT2D eigenvalue weighted by Crippen LogP contribution is -2.19. The molecule has 2 rings (SSSR count). The van der Waals surface area contributed by atoms with E-state index in [1.54, 1.807) is 0 Å². The second-order valence-corrected chi connectivity index (χ2v) is 5.79. The summed E-state index contributed by atoms with van der Waals surface area (Å²) >= 11 is 0. The van der Waals surface area contributed by atoms with Gasteiger partial charge in [0.15, 0.2) is 6.54 Å². The molecular weight excluding hydrogens is 314 g/mol. The monoisotopic (exact) mass is 325 g/mol. The van der Waals surface area contributed by atoms with Crippen LogP contribution in [0.25, 0.3) is 0 Å². The van der Waals surface area contributed by atoms with Crippen molar-refractivity contribution >= 4 is 27.6 Å². The first kappa shape index (κ1) is 15.6. The maximum atomic E-state index is 11.8. The topological polar surface area (TPSA) is 150 Å². The van der Waals surface area contributed by atoms with Crippen LogP contribution in [-0.2, 0) is 21.4 Å². The molecule has 0 radical (unpaired) electrons. The maximum absolute atomic E-state index is 11.8. The third kappa shape index (κ3) is 3.65. The van der Waals surface area contributed by atoms with Crippen molar-refractivity contribution in [3.63, 3.8) is 0 Å². The number of rotatable bonds is 5. The van der Waals surface area contributed by atoms with Crippen LogP contribution in [0.4, 0.5) is 11.6 Å². The number of sulfonamides is 1. The van der Waals surface area contributed by atoms with Crippen LogP contribution in [0.3, 0.4) is 0 Å². The summed E-state index contributed by atoms with van der Waals surface area (Å²) < 4.78 is 23.3. The highest BCUT2D eigenvalue weighted by Crippen LogP contribution is 2.13. The van der Waals surface area contributed by atoms with Gasteiger partial charge in [-0.3, -0.25) is 4.79 Å². The molecule has 0 atom stereocenters. The molecule has 0 aliphatic heterocycles. The van der Waals surface area contributed by atoms with E-state index in [1.165, 1.54) is 36.7 Å². The average Bonchev–Trinajstić information content (AvgIpc) is 2.86. The molecule has 0 bridgehead atoms. The Labute approximate surface area is 124 Å². The molecule has 0 aliphatic rings. The molecule has 10 nitrogen and oxygen atoms in total. The first-order valence-electron chi connectivity index (χ1n) is 5.85. The van der Waals surface area contributed by atoms with Crippen LogP contribution in [0.2, 0.25) is 0 Å². The molecule has 116 valence electrons. The summed E-state index contributed by atoms with van der Waals surface area (Å²) in [5.41, 5.74) is 0.333. The zero-order chi connectivity index (χ0) is 16.3. The number of amides is 1. The van der Waals surface area contributed by atoms with Gasteiger partial charge in [0.05, 0.1) is 4.90 Å². The minimum absolute atomic E-state index is 0.0873. The van der Waals surface area contributed by atoms with Crippen molar-refractivity contribution in [2.75, 3.05) is 5.32 Å². The standard InChI is InChI=1S/C11H11N5O5S/c12-22(20,21)9-3-1-8(2-4-9)14-10(17)7-15-6-5-13-11(15)16(18)19/h1-6H,7H2,(H,14,17)(H2,12,20,21). The van der Waals surface area contributed by atoms with Crippen molar-refractivity contribution in [2.45, 2.75) is 11.4 Å². The minimum atomic E-state index is -3.80. The zero-order valence-corrected chi connectivity index (χ0v) is 11.9. The third-order valence-corrected chi connectivity index (χ3v) is 3.57. The fourth-order valence-electron chi connectivity index (χ4n) is 1.68. The first-order chi connectivity index (χ1) is 10.3. The lowest BCUT2D eigenvalue weighted by molar-refractivity contribution is -0.396. The highest BCUT2D eigenvalue weighted by atomic mass is 32.2. The lowest BCUT2D eigenvalue weighted by atomic mass is 10.3. The van der Waals surface area contributed by atoms with Gasteiger partial charge in [0.1, 0.15) is 12.4 Å². The molecular formula is C11H11N5O5S. The molecule has 22 heavy (non-hydrogen) atoms. The zero-order valence-electron chi connectivity index (χ0n) is 11.0. The molecule has 1 aromatic carbocycles. The summed E-state index contributed by atoms with van der Waals surface area (Å²) in [4.78, 5) is 25.2. The molecule has 0 saturated heterocycles. The predicted molar refractivity (Wildman–Crippen MR) is 75.3 cm³/mol. The Bertz CT molecular complexity index is 812. The van der Waals surface area contributed by atoms with Gasteiger partial charge in [-0.1, -0.05) is 4.98 Å². The van der Waals surface area contributed by atoms with E-state index in [9.17, 15) is 23.3 Å². The van der Waals surface area contributed by atoms with Crippen LogP contribution in [0.5, 0.6) is 0 Å². The number of carbonyl (C=O) groups excluding carboxylic acids is 1. The number of nitrogens with zero attached hydrogens (tertiary/aromatic N) is 3. The van der Waals surface area contributed by atoms with Crippen LogP contribution < -0.4 is 10.5 Å².